The Hall–Kier alpha value is -0.340. The van der Waals surface area contributed by atoms with Gasteiger partial charge in [-0.15, -0.1) is 0 Å². The van der Waals surface area contributed by atoms with Crippen LogP contribution in [0.1, 0.15) is 44.3 Å². The lowest BCUT2D eigenvalue weighted by Gasteiger charge is -2.10. The van der Waals surface area contributed by atoms with Gasteiger partial charge in [0, 0.05) is 4.47 Å². The molecule has 2 heteroatoms. The Kier molecular flexibility index (Phi) is 5.20. The van der Waals surface area contributed by atoms with E-state index in [0.29, 0.717) is 0 Å². The Morgan fingerprint density at radius 2 is 1.86 bits per heavy atom. The van der Waals surface area contributed by atoms with E-state index in [9.17, 15) is 5.11 Å². The molecule has 0 aliphatic carbocycles. The first kappa shape index (κ1) is 11.7. The van der Waals surface area contributed by atoms with Crippen LogP contribution >= 0.6 is 15.9 Å². The lowest BCUT2D eigenvalue weighted by molar-refractivity contribution is 0.163. The van der Waals surface area contributed by atoms with E-state index in [1.165, 1.54) is 12.8 Å². The lowest BCUT2D eigenvalue weighted by Crippen LogP contribution is -1.96. The molecule has 1 N–H and O–H groups in total. The summed E-state index contributed by atoms with van der Waals surface area (Å²) < 4.78 is 1.06. The predicted molar refractivity (Wildman–Crippen MR) is 63.2 cm³/mol. The number of aliphatic hydroxyl groups excluding tert-OH is 1. The second-order valence-electron chi connectivity index (χ2n) is 3.56. The minimum atomic E-state index is -0.297. The molecule has 0 heterocycles. The zero-order valence-electron chi connectivity index (χ0n) is 8.54. The number of unbranched alkanes of at least 4 members (excludes halogenated alkanes) is 2. The van der Waals surface area contributed by atoms with Crippen LogP contribution in [0.3, 0.4) is 0 Å². The van der Waals surface area contributed by atoms with Gasteiger partial charge in [-0.1, -0.05) is 54.2 Å². The van der Waals surface area contributed by atoms with Gasteiger partial charge in [0.15, 0.2) is 0 Å². The molecule has 0 aromatic heterocycles. The minimum Gasteiger partial charge on any atom is -0.388 e. The monoisotopic (exact) mass is 256 g/mol. The molecule has 0 saturated carbocycles. The summed E-state index contributed by atoms with van der Waals surface area (Å²) in [6.45, 7) is 2.17. The standard InChI is InChI=1S/C12H17BrO/c1-2-3-4-5-12(14)10-6-8-11(13)9-7-10/h6-9,12,14H,2-5H2,1H3/t12-/m0/s1. The summed E-state index contributed by atoms with van der Waals surface area (Å²) in [5.41, 5.74) is 1.02. The van der Waals surface area contributed by atoms with Gasteiger partial charge in [0.25, 0.3) is 0 Å². The highest BCUT2D eigenvalue weighted by Crippen LogP contribution is 2.21. The van der Waals surface area contributed by atoms with Crippen LogP contribution in [-0.4, -0.2) is 5.11 Å². The Bertz CT molecular complexity index is 256. The normalized spacial score (nSPS) is 12.8. The maximum absolute atomic E-state index is 9.82. The van der Waals surface area contributed by atoms with Gasteiger partial charge in [-0.25, -0.2) is 0 Å². The molecule has 0 fully saturated rings. The lowest BCUT2D eigenvalue weighted by atomic mass is 10.0. The fourth-order valence-corrected chi connectivity index (χ4v) is 1.70. The summed E-state index contributed by atoms with van der Waals surface area (Å²) in [5.74, 6) is 0. The number of hydrogen-bond donors (Lipinski definition) is 1. The van der Waals surface area contributed by atoms with Crippen LogP contribution in [0, 0.1) is 0 Å². The Morgan fingerprint density at radius 1 is 1.21 bits per heavy atom. The molecular formula is C12H17BrO. The number of hydrogen-bond acceptors (Lipinski definition) is 1. The van der Waals surface area contributed by atoms with E-state index in [-0.39, 0.29) is 6.10 Å². The molecule has 0 saturated heterocycles. The molecule has 0 unspecified atom stereocenters. The highest BCUT2D eigenvalue weighted by molar-refractivity contribution is 9.10. The summed E-state index contributed by atoms with van der Waals surface area (Å²) >= 11 is 3.38. The second kappa shape index (κ2) is 6.20. The number of halogens is 1. The van der Waals surface area contributed by atoms with Crippen LogP contribution in [0.5, 0.6) is 0 Å². The van der Waals surface area contributed by atoms with Crippen molar-refractivity contribution < 1.29 is 5.11 Å². The molecular weight excluding hydrogens is 240 g/mol. The third-order valence-electron chi connectivity index (χ3n) is 2.34. The average Bonchev–Trinajstić information content (AvgIpc) is 2.19. The van der Waals surface area contributed by atoms with Crippen molar-refractivity contribution in [1.82, 2.24) is 0 Å². The van der Waals surface area contributed by atoms with Crippen molar-refractivity contribution in [3.63, 3.8) is 0 Å². The molecule has 1 nitrogen and oxygen atoms in total. The zero-order valence-corrected chi connectivity index (χ0v) is 10.1. The fourth-order valence-electron chi connectivity index (χ4n) is 1.44. The molecule has 14 heavy (non-hydrogen) atoms. The van der Waals surface area contributed by atoms with Crippen molar-refractivity contribution in [3.8, 4) is 0 Å². The molecule has 0 aliphatic rings. The van der Waals surface area contributed by atoms with Gasteiger partial charge in [-0.2, -0.15) is 0 Å². The molecule has 0 spiro atoms. The van der Waals surface area contributed by atoms with Crippen molar-refractivity contribution in [2.24, 2.45) is 0 Å². The van der Waals surface area contributed by atoms with E-state index in [1.54, 1.807) is 0 Å². The number of rotatable bonds is 5. The largest absolute Gasteiger partial charge is 0.388 e. The SMILES string of the molecule is CCCCC[C@H](O)c1ccc(Br)cc1. The van der Waals surface area contributed by atoms with Gasteiger partial charge in [-0.3, -0.25) is 0 Å². The highest BCUT2D eigenvalue weighted by atomic mass is 79.9. The van der Waals surface area contributed by atoms with Crippen LogP contribution < -0.4 is 0 Å². The van der Waals surface area contributed by atoms with E-state index >= 15 is 0 Å². The molecule has 0 aliphatic heterocycles. The van der Waals surface area contributed by atoms with E-state index < -0.39 is 0 Å². The summed E-state index contributed by atoms with van der Waals surface area (Å²) in [7, 11) is 0. The van der Waals surface area contributed by atoms with Crippen LogP contribution in [0.2, 0.25) is 0 Å². The Balaban J connectivity index is 2.43. The van der Waals surface area contributed by atoms with Crippen molar-refractivity contribution in [2.75, 3.05) is 0 Å². The first-order valence-corrected chi connectivity index (χ1v) is 5.97. The van der Waals surface area contributed by atoms with Crippen molar-refractivity contribution in [1.29, 1.82) is 0 Å². The highest BCUT2D eigenvalue weighted by Gasteiger charge is 2.05. The third-order valence-corrected chi connectivity index (χ3v) is 2.86. The summed E-state index contributed by atoms with van der Waals surface area (Å²) in [6.07, 6.45) is 4.08. The second-order valence-corrected chi connectivity index (χ2v) is 4.48. The minimum absolute atomic E-state index is 0.297. The van der Waals surface area contributed by atoms with Crippen LogP contribution in [0.4, 0.5) is 0 Å². The fraction of sp³-hybridized carbons (Fsp3) is 0.500. The molecule has 1 rings (SSSR count). The number of benzene rings is 1. The smallest absolute Gasteiger partial charge is 0.0790 e. The molecule has 1 aromatic rings. The summed E-state index contributed by atoms with van der Waals surface area (Å²) in [6, 6.07) is 7.89. The Labute approximate surface area is 94.3 Å². The van der Waals surface area contributed by atoms with E-state index in [1.807, 2.05) is 24.3 Å². The van der Waals surface area contributed by atoms with Gasteiger partial charge in [0.1, 0.15) is 0 Å². The van der Waals surface area contributed by atoms with Crippen molar-refractivity contribution in [2.45, 2.75) is 38.7 Å². The average molecular weight is 257 g/mol. The molecule has 1 atom stereocenters. The first-order chi connectivity index (χ1) is 6.74. The van der Waals surface area contributed by atoms with Crippen LogP contribution in [0.25, 0.3) is 0 Å². The summed E-state index contributed by atoms with van der Waals surface area (Å²) in [4.78, 5) is 0. The van der Waals surface area contributed by atoms with Crippen LogP contribution in [0.15, 0.2) is 28.7 Å². The van der Waals surface area contributed by atoms with Gasteiger partial charge in [-0.05, 0) is 24.1 Å². The van der Waals surface area contributed by atoms with Gasteiger partial charge < -0.3 is 5.11 Å². The topological polar surface area (TPSA) is 20.2 Å². The van der Waals surface area contributed by atoms with E-state index in [2.05, 4.69) is 22.9 Å². The first-order valence-electron chi connectivity index (χ1n) is 5.17. The van der Waals surface area contributed by atoms with Gasteiger partial charge in [0.05, 0.1) is 6.10 Å². The van der Waals surface area contributed by atoms with Crippen LogP contribution in [-0.2, 0) is 0 Å². The van der Waals surface area contributed by atoms with E-state index in [4.69, 9.17) is 0 Å². The molecule has 0 bridgehead atoms. The maximum Gasteiger partial charge on any atom is 0.0790 e. The predicted octanol–water partition coefficient (Wildman–Crippen LogP) is 4.06. The zero-order chi connectivity index (χ0) is 10.4. The van der Waals surface area contributed by atoms with Crippen molar-refractivity contribution in [3.05, 3.63) is 34.3 Å². The molecule has 0 amide bonds. The Morgan fingerprint density at radius 3 is 2.43 bits per heavy atom. The molecule has 1 aromatic carbocycles. The molecule has 0 radical (unpaired) electrons. The molecule has 78 valence electrons. The third kappa shape index (κ3) is 3.81. The quantitative estimate of drug-likeness (QED) is 0.788. The van der Waals surface area contributed by atoms with Gasteiger partial charge in [0.2, 0.25) is 0 Å². The number of aliphatic hydroxyl groups is 1. The van der Waals surface area contributed by atoms with Gasteiger partial charge >= 0.3 is 0 Å². The van der Waals surface area contributed by atoms with E-state index in [0.717, 1.165) is 22.9 Å². The van der Waals surface area contributed by atoms with Crippen molar-refractivity contribution >= 4 is 15.9 Å². The summed E-state index contributed by atoms with van der Waals surface area (Å²) in [5, 5.41) is 9.82. The maximum atomic E-state index is 9.82.